The predicted octanol–water partition coefficient (Wildman–Crippen LogP) is 0.175. The van der Waals surface area contributed by atoms with Gasteiger partial charge in [-0.1, -0.05) is 19.1 Å². The second-order valence-corrected chi connectivity index (χ2v) is 5.18. The quantitative estimate of drug-likeness (QED) is 0.632. The van der Waals surface area contributed by atoms with Gasteiger partial charge in [0.25, 0.3) is 0 Å². The average Bonchev–Trinajstić information content (AvgIpc) is 2.82. The summed E-state index contributed by atoms with van der Waals surface area (Å²) in [6, 6.07) is 0.154. The minimum atomic E-state index is -0.0463. The molecule has 0 spiro atoms. The molecule has 7 nitrogen and oxygen atoms in total. The molecule has 1 amide bonds. The van der Waals surface area contributed by atoms with Crippen molar-refractivity contribution in [2.75, 3.05) is 20.3 Å². The summed E-state index contributed by atoms with van der Waals surface area (Å²) in [4.78, 5) is 11.8. The van der Waals surface area contributed by atoms with E-state index in [1.165, 1.54) is 0 Å². The molecule has 1 aromatic heterocycles. The van der Waals surface area contributed by atoms with E-state index in [0.29, 0.717) is 19.1 Å². The Morgan fingerprint density at radius 2 is 2.20 bits per heavy atom. The third kappa shape index (κ3) is 6.12. The van der Waals surface area contributed by atoms with Crippen molar-refractivity contribution in [3.05, 3.63) is 11.9 Å². The number of amides is 1. The summed E-state index contributed by atoms with van der Waals surface area (Å²) in [7, 11) is 1.66. The van der Waals surface area contributed by atoms with Crippen LogP contribution in [0.2, 0.25) is 0 Å². The summed E-state index contributed by atoms with van der Waals surface area (Å²) in [5.41, 5.74) is 0.811. The van der Waals surface area contributed by atoms with Crippen molar-refractivity contribution in [2.24, 2.45) is 5.92 Å². The molecule has 0 fully saturated rings. The first kappa shape index (κ1) is 16.6. The number of methoxy groups -OCH3 is 1. The van der Waals surface area contributed by atoms with Crippen molar-refractivity contribution >= 4 is 5.91 Å². The molecule has 0 aliphatic rings. The van der Waals surface area contributed by atoms with E-state index >= 15 is 0 Å². The molecular formula is C13H25N5O2. The maximum atomic E-state index is 11.8. The van der Waals surface area contributed by atoms with E-state index in [4.69, 9.17) is 4.74 Å². The van der Waals surface area contributed by atoms with Gasteiger partial charge in [-0.25, -0.2) is 4.68 Å². The summed E-state index contributed by atoms with van der Waals surface area (Å²) in [6.45, 7) is 8.37. The zero-order valence-electron chi connectivity index (χ0n) is 12.7. The van der Waals surface area contributed by atoms with Crippen molar-refractivity contribution in [3.63, 3.8) is 0 Å². The Hall–Kier alpha value is -1.47. The zero-order valence-corrected chi connectivity index (χ0v) is 12.7. The van der Waals surface area contributed by atoms with Crippen LogP contribution in [0.1, 0.15) is 26.5 Å². The minimum Gasteiger partial charge on any atom is -0.383 e. The van der Waals surface area contributed by atoms with Crippen LogP contribution in [0.5, 0.6) is 0 Å². The molecule has 1 unspecified atom stereocenters. The fraction of sp³-hybridized carbons (Fsp3) is 0.769. The third-order valence-corrected chi connectivity index (χ3v) is 3.07. The Bertz CT molecular complexity index is 405. The summed E-state index contributed by atoms with van der Waals surface area (Å²) in [5.74, 6) is 0.366. The highest BCUT2D eigenvalue weighted by atomic mass is 16.5. The third-order valence-electron chi connectivity index (χ3n) is 3.07. The number of ether oxygens (including phenoxy) is 1. The van der Waals surface area contributed by atoms with Gasteiger partial charge in [0.15, 0.2) is 0 Å². The number of carbonyl (C=O) groups excluding carboxylic acids is 1. The molecule has 1 atom stereocenters. The Morgan fingerprint density at radius 1 is 1.45 bits per heavy atom. The molecule has 1 rings (SSSR count). The summed E-state index contributed by atoms with van der Waals surface area (Å²) >= 11 is 0. The van der Waals surface area contributed by atoms with E-state index in [9.17, 15) is 4.79 Å². The lowest BCUT2D eigenvalue weighted by Gasteiger charge is -2.17. The van der Waals surface area contributed by atoms with E-state index in [1.807, 2.05) is 6.92 Å². The maximum Gasteiger partial charge on any atom is 0.242 e. The normalized spacial score (nSPS) is 12.7. The van der Waals surface area contributed by atoms with Crippen LogP contribution in [0.3, 0.4) is 0 Å². The molecule has 0 radical (unpaired) electrons. The van der Waals surface area contributed by atoms with Crippen LogP contribution < -0.4 is 10.6 Å². The van der Waals surface area contributed by atoms with Crippen molar-refractivity contribution < 1.29 is 9.53 Å². The highest BCUT2D eigenvalue weighted by Gasteiger charge is 2.11. The van der Waals surface area contributed by atoms with Gasteiger partial charge in [0.1, 0.15) is 6.54 Å². The number of hydrogen-bond acceptors (Lipinski definition) is 5. The number of nitrogens with one attached hydrogen (secondary N) is 2. The van der Waals surface area contributed by atoms with Crippen LogP contribution in [0.4, 0.5) is 0 Å². The van der Waals surface area contributed by atoms with Gasteiger partial charge >= 0.3 is 0 Å². The van der Waals surface area contributed by atoms with Crippen LogP contribution in [-0.2, 0) is 22.6 Å². The minimum absolute atomic E-state index is 0.0463. The van der Waals surface area contributed by atoms with Gasteiger partial charge in [0.05, 0.1) is 18.5 Å². The molecule has 2 N–H and O–H groups in total. The maximum absolute atomic E-state index is 11.8. The number of aromatic nitrogens is 3. The number of carbonyl (C=O) groups is 1. The van der Waals surface area contributed by atoms with Crippen LogP contribution in [-0.4, -0.2) is 47.2 Å². The van der Waals surface area contributed by atoms with Crippen molar-refractivity contribution in [1.29, 1.82) is 0 Å². The summed E-state index contributed by atoms with van der Waals surface area (Å²) in [6.07, 6.45) is 1.78. The lowest BCUT2D eigenvalue weighted by atomic mass is 10.1. The van der Waals surface area contributed by atoms with Crippen LogP contribution in [0.25, 0.3) is 0 Å². The van der Waals surface area contributed by atoms with Crippen LogP contribution >= 0.6 is 0 Å². The largest absolute Gasteiger partial charge is 0.383 e. The molecule has 7 heteroatoms. The van der Waals surface area contributed by atoms with E-state index in [0.717, 1.165) is 12.2 Å². The van der Waals surface area contributed by atoms with Gasteiger partial charge in [0.2, 0.25) is 5.91 Å². The van der Waals surface area contributed by atoms with Gasteiger partial charge < -0.3 is 15.4 Å². The first-order valence-electron chi connectivity index (χ1n) is 6.91. The summed E-state index contributed by atoms with van der Waals surface area (Å²) < 4.78 is 6.49. The molecule has 0 aliphatic heterocycles. The SMILES string of the molecule is COCCNCc1cn(CC(=O)NC(C)C(C)C)nn1. The van der Waals surface area contributed by atoms with Crippen LogP contribution in [0, 0.1) is 5.92 Å². The van der Waals surface area contributed by atoms with E-state index in [2.05, 4.69) is 34.8 Å². The molecule has 0 saturated heterocycles. The van der Waals surface area contributed by atoms with Crippen molar-refractivity contribution in [3.8, 4) is 0 Å². The van der Waals surface area contributed by atoms with Crippen LogP contribution in [0.15, 0.2) is 6.20 Å². The first-order chi connectivity index (χ1) is 9.52. The molecule has 0 bridgehead atoms. The highest BCUT2D eigenvalue weighted by Crippen LogP contribution is 2.00. The molecule has 20 heavy (non-hydrogen) atoms. The fourth-order valence-corrected chi connectivity index (χ4v) is 1.50. The Morgan fingerprint density at radius 3 is 2.85 bits per heavy atom. The lowest BCUT2D eigenvalue weighted by Crippen LogP contribution is -2.38. The van der Waals surface area contributed by atoms with Gasteiger partial charge in [-0.15, -0.1) is 5.10 Å². The number of hydrogen-bond donors (Lipinski definition) is 2. The van der Waals surface area contributed by atoms with Gasteiger partial charge in [-0.05, 0) is 12.8 Å². The Kier molecular flexibility index (Phi) is 7.17. The molecule has 114 valence electrons. The van der Waals surface area contributed by atoms with E-state index in [1.54, 1.807) is 18.0 Å². The number of rotatable bonds is 9. The second-order valence-electron chi connectivity index (χ2n) is 5.18. The van der Waals surface area contributed by atoms with Gasteiger partial charge in [-0.3, -0.25) is 4.79 Å². The molecule has 0 aliphatic carbocycles. The van der Waals surface area contributed by atoms with Crippen molar-refractivity contribution in [2.45, 2.75) is 39.9 Å². The monoisotopic (exact) mass is 283 g/mol. The number of nitrogens with zero attached hydrogens (tertiary/aromatic N) is 3. The fourth-order valence-electron chi connectivity index (χ4n) is 1.50. The molecule has 0 saturated carbocycles. The topological polar surface area (TPSA) is 81.1 Å². The summed E-state index contributed by atoms with van der Waals surface area (Å²) in [5, 5.41) is 14.1. The molecule has 1 aromatic rings. The molecular weight excluding hydrogens is 258 g/mol. The van der Waals surface area contributed by atoms with E-state index in [-0.39, 0.29) is 18.5 Å². The Labute approximate surface area is 120 Å². The Balaban J connectivity index is 2.34. The molecule has 0 aromatic carbocycles. The second kappa shape index (κ2) is 8.65. The van der Waals surface area contributed by atoms with Gasteiger partial charge in [0, 0.05) is 26.2 Å². The lowest BCUT2D eigenvalue weighted by molar-refractivity contribution is -0.122. The smallest absolute Gasteiger partial charge is 0.242 e. The highest BCUT2D eigenvalue weighted by molar-refractivity contribution is 5.75. The zero-order chi connectivity index (χ0) is 15.0. The average molecular weight is 283 g/mol. The van der Waals surface area contributed by atoms with Crippen molar-refractivity contribution in [1.82, 2.24) is 25.6 Å². The first-order valence-corrected chi connectivity index (χ1v) is 6.91. The van der Waals surface area contributed by atoms with Gasteiger partial charge in [-0.2, -0.15) is 0 Å². The van der Waals surface area contributed by atoms with E-state index < -0.39 is 0 Å². The standard InChI is InChI=1S/C13H25N5O2/c1-10(2)11(3)15-13(19)9-18-8-12(16-17-18)7-14-5-6-20-4/h8,10-11,14H,5-7,9H2,1-4H3,(H,15,19). The predicted molar refractivity (Wildman–Crippen MR) is 76.0 cm³/mol. The molecule has 1 heterocycles.